The molecule has 0 unspecified atom stereocenters. The summed E-state index contributed by atoms with van der Waals surface area (Å²) in [5.41, 5.74) is 3.73. The number of thiazole rings is 1. The van der Waals surface area contributed by atoms with Gasteiger partial charge in [-0.05, 0) is 53.8 Å². The highest BCUT2D eigenvalue weighted by Crippen LogP contribution is 2.30. The van der Waals surface area contributed by atoms with Crippen LogP contribution in [0.15, 0.2) is 71.4 Å². The van der Waals surface area contributed by atoms with Crippen molar-refractivity contribution >= 4 is 39.4 Å². The third-order valence-corrected chi connectivity index (χ3v) is 6.64. The largest absolute Gasteiger partial charge is 0.300 e. The lowest BCUT2D eigenvalue weighted by molar-refractivity contribution is -0.115. The lowest BCUT2D eigenvalue weighted by Gasteiger charge is -2.19. The van der Waals surface area contributed by atoms with Gasteiger partial charge in [-0.3, -0.25) is 15.0 Å². The van der Waals surface area contributed by atoms with Crippen molar-refractivity contribution in [1.82, 2.24) is 10.3 Å². The van der Waals surface area contributed by atoms with E-state index >= 15 is 0 Å². The fraction of sp³-hybridized carbons (Fsp3) is 0.167. The minimum atomic E-state index is -0.252. The van der Waals surface area contributed by atoms with Crippen molar-refractivity contribution in [3.8, 4) is 0 Å². The van der Waals surface area contributed by atoms with Crippen LogP contribution in [0.1, 0.15) is 34.7 Å². The number of aryl methyl sites for hydroxylation is 1. The lowest BCUT2D eigenvalue weighted by atomic mass is 10.1. The molecular weight excluding hydrogens is 429 g/mol. The van der Waals surface area contributed by atoms with Gasteiger partial charge in [-0.15, -0.1) is 22.7 Å². The average molecular weight is 452 g/mol. The van der Waals surface area contributed by atoms with Crippen molar-refractivity contribution in [3.63, 3.8) is 0 Å². The molecule has 1 atom stereocenters. The SMILES string of the molecule is CC(=O)N(c1cccc(C)c1)c1nc(CN[C@@H](c2ccc(F)cc2)c2cccs2)cs1. The monoisotopic (exact) mass is 451 g/mol. The van der Waals surface area contributed by atoms with Crippen LogP contribution < -0.4 is 10.2 Å². The smallest absolute Gasteiger partial charge is 0.230 e. The molecule has 2 aromatic heterocycles. The number of aromatic nitrogens is 1. The molecular formula is C24H22FN3OS2. The van der Waals surface area contributed by atoms with E-state index in [9.17, 15) is 9.18 Å². The van der Waals surface area contributed by atoms with Crippen molar-refractivity contribution in [3.05, 3.63) is 98.9 Å². The van der Waals surface area contributed by atoms with Crippen molar-refractivity contribution in [1.29, 1.82) is 0 Å². The number of carbonyl (C=O) groups excluding carboxylic acids is 1. The second kappa shape index (κ2) is 9.51. The van der Waals surface area contributed by atoms with Gasteiger partial charge in [0.1, 0.15) is 5.82 Å². The molecule has 0 radical (unpaired) electrons. The number of halogens is 1. The van der Waals surface area contributed by atoms with E-state index in [0.29, 0.717) is 11.7 Å². The maximum absolute atomic E-state index is 13.4. The Hall–Kier alpha value is -2.87. The molecule has 1 amide bonds. The summed E-state index contributed by atoms with van der Waals surface area (Å²) < 4.78 is 13.4. The summed E-state index contributed by atoms with van der Waals surface area (Å²) in [5.74, 6) is -0.333. The van der Waals surface area contributed by atoms with Crippen LogP contribution in [0.3, 0.4) is 0 Å². The van der Waals surface area contributed by atoms with Crippen molar-refractivity contribution < 1.29 is 9.18 Å². The molecule has 2 aromatic carbocycles. The summed E-state index contributed by atoms with van der Waals surface area (Å²) in [7, 11) is 0. The van der Waals surface area contributed by atoms with Gasteiger partial charge in [0.25, 0.3) is 0 Å². The predicted octanol–water partition coefficient (Wildman–Crippen LogP) is 6.22. The molecule has 0 saturated heterocycles. The van der Waals surface area contributed by atoms with Crippen LogP contribution in [0.5, 0.6) is 0 Å². The zero-order chi connectivity index (χ0) is 21.8. The predicted molar refractivity (Wildman–Crippen MR) is 126 cm³/mol. The highest BCUT2D eigenvalue weighted by molar-refractivity contribution is 7.14. The molecule has 0 aliphatic carbocycles. The van der Waals surface area contributed by atoms with E-state index in [-0.39, 0.29) is 17.8 Å². The molecule has 0 aliphatic rings. The van der Waals surface area contributed by atoms with Gasteiger partial charge in [-0.2, -0.15) is 0 Å². The Kier molecular flexibility index (Phi) is 6.56. The maximum Gasteiger partial charge on any atom is 0.230 e. The highest BCUT2D eigenvalue weighted by atomic mass is 32.1. The molecule has 2 heterocycles. The molecule has 0 aliphatic heterocycles. The van der Waals surface area contributed by atoms with Crippen LogP contribution in [0.4, 0.5) is 15.2 Å². The Morgan fingerprint density at radius 2 is 1.94 bits per heavy atom. The van der Waals surface area contributed by atoms with E-state index in [1.54, 1.807) is 35.3 Å². The number of benzene rings is 2. The van der Waals surface area contributed by atoms with E-state index < -0.39 is 0 Å². The van der Waals surface area contributed by atoms with Crippen molar-refractivity contribution in [2.45, 2.75) is 26.4 Å². The van der Waals surface area contributed by atoms with Crippen LogP contribution in [0, 0.1) is 12.7 Å². The van der Waals surface area contributed by atoms with Gasteiger partial charge in [0, 0.05) is 23.7 Å². The van der Waals surface area contributed by atoms with Crippen molar-refractivity contribution in [2.75, 3.05) is 4.90 Å². The van der Waals surface area contributed by atoms with Gasteiger partial charge in [-0.1, -0.05) is 30.3 Å². The molecule has 4 aromatic rings. The number of hydrogen-bond donors (Lipinski definition) is 1. The molecule has 31 heavy (non-hydrogen) atoms. The lowest BCUT2D eigenvalue weighted by Crippen LogP contribution is -2.23. The summed E-state index contributed by atoms with van der Waals surface area (Å²) in [4.78, 5) is 19.8. The summed E-state index contributed by atoms with van der Waals surface area (Å²) >= 11 is 3.09. The number of carbonyl (C=O) groups is 1. The zero-order valence-electron chi connectivity index (χ0n) is 17.2. The average Bonchev–Trinajstić information content (AvgIpc) is 3.42. The first-order chi connectivity index (χ1) is 15.0. The normalized spacial score (nSPS) is 12.0. The molecule has 158 valence electrons. The Bertz CT molecular complexity index is 1160. The minimum Gasteiger partial charge on any atom is -0.300 e. The molecule has 7 heteroatoms. The highest BCUT2D eigenvalue weighted by Gasteiger charge is 2.19. The first kappa shape index (κ1) is 21.4. The quantitative estimate of drug-likeness (QED) is 0.363. The van der Waals surface area contributed by atoms with Crippen LogP contribution in [-0.2, 0) is 11.3 Å². The van der Waals surface area contributed by atoms with Crippen molar-refractivity contribution in [2.24, 2.45) is 0 Å². The number of hydrogen-bond acceptors (Lipinski definition) is 5. The number of rotatable bonds is 7. The summed E-state index contributed by atoms with van der Waals surface area (Å²) in [6.07, 6.45) is 0. The van der Waals surface area contributed by atoms with Crippen LogP contribution >= 0.6 is 22.7 Å². The number of nitrogens with one attached hydrogen (secondary N) is 1. The molecule has 0 bridgehead atoms. The number of amides is 1. The maximum atomic E-state index is 13.4. The number of anilines is 2. The number of nitrogens with zero attached hydrogens (tertiary/aromatic N) is 2. The Morgan fingerprint density at radius 3 is 2.61 bits per heavy atom. The fourth-order valence-electron chi connectivity index (χ4n) is 3.37. The first-order valence-electron chi connectivity index (χ1n) is 9.85. The molecule has 4 rings (SSSR count). The van der Waals surface area contributed by atoms with Crippen LogP contribution in [0.25, 0.3) is 0 Å². The van der Waals surface area contributed by atoms with Crippen LogP contribution in [-0.4, -0.2) is 10.9 Å². The third kappa shape index (κ3) is 5.07. The van der Waals surface area contributed by atoms with E-state index in [1.165, 1.54) is 23.5 Å². The Balaban J connectivity index is 1.54. The first-order valence-corrected chi connectivity index (χ1v) is 11.6. The van der Waals surface area contributed by atoms with Gasteiger partial charge in [0.05, 0.1) is 17.4 Å². The van der Waals surface area contributed by atoms with E-state index in [2.05, 4.69) is 11.4 Å². The summed E-state index contributed by atoms with van der Waals surface area (Å²) in [6.45, 7) is 4.07. The second-order valence-corrected chi connectivity index (χ2v) is 9.01. The van der Waals surface area contributed by atoms with Gasteiger partial charge in [-0.25, -0.2) is 9.37 Å². The summed E-state index contributed by atoms with van der Waals surface area (Å²) in [5, 5.41) is 8.17. The topological polar surface area (TPSA) is 45.2 Å². The van der Waals surface area contributed by atoms with E-state index in [1.807, 2.05) is 48.0 Å². The molecule has 4 nitrogen and oxygen atoms in total. The summed E-state index contributed by atoms with van der Waals surface area (Å²) in [6, 6.07) is 18.4. The molecule has 0 saturated carbocycles. The zero-order valence-corrected chi connectivity index (χ0v) is 18.8. The third-order valence-electron chi connectivity index (χ3n) is 4.82. The Morgan fingerprint density at radius 1 is 1.13 bits per heavy atom. The van der Waals surface area contributed by atoms with Gasteiger partial charge < -0.3 is 0 Å². The molecule has 0 fully saturated rings. The van der Waals surface area contributed by atoms with Gasteiger partial charge in [0.15, 0.2) is 5.13 Å². The molecule has 1 N–H and O–H groups in total. The van der Waals surface area contributed by atoms with E-state index in [0.717, 1.165) is 27.4 Å². The van der Waals surface area contributed by atoms with Gasteiger partial charge >= 0.3 is 0 Å². The fourth-order valence-corrected chi connectivity index (χ4v) is 5.09. The van der Waals surface area contributed by atoms with Crippen LogP contribution in [0.2, 0.25) is 0 Å². The standard InChI is InChI=1S/C24H22FN3OS2/c1-16-5-3-6-21(13-16)28(17(2)29)24-27-20(15-31-24)14-26-23(22-7-4-12-30-22)18-8-10-19(25)11-9-18/h3-13,15,23,26H,14H2,1-2H3/t23-/m0/s1. The Labute approximate surface area is 189 Å². The molecule has 0 spiro atoms. The van der Waals surface area contributed by atoms with E-state index in [4.69, 9.17) is 4.98 Å². The second-order valence-electron chi connectivity index (χ2n) is 7.20. The van der Waals surface area contributed by atoms with Gasteiger partial charge in [0.2, 0.25) is 5.91 Å². The minimum absolute atomic E-state index is 0.0635. The number of thiophene rings is 1.